The van der Waals surface area contributed by atoms with Crippen LogP contribution in [0.4, 0.5) is 0 Å². The summed E-state index contributed by atoms with van der Waals surface area (Å²) in [5.41, 5.74) is -0.367. The molecule has 0 saturated heterocycles. The quantitative estimate of drug-likeness (QED) is 0.709. The number of rotatable bonds is 2. The number of aliphatic carboxylic acids is 1. The highest BCUT2D eigenvalue weighted by Gasteiger charge is 2.63. The summed E-state index contributed by atoms with van der Waals surface area (Å²) >= 11 is 0. The molecule has 2 fully saturated rings. The van der Waals surface area contributed by atoms with E-state index in [2.05, 4.69) is 0 Å². The second-order valence-corrected chi connectivity index (χ2v) is 5.39. The van der Waals surface area contributed by atoms with Gasteiger partial charge in [0.2, 0.25) is 0 Å². The van der Waals surface area contributed by atoms with E-state index in [1.165, 1.54) is 0 Å². The lowest BCUT2D eigenvalue weighted by Gasteiger charge is -2.38. The van der Waals surface area contributed by atoms with Crippen molar-refractivity contribution >= 4 is 5.97 Å². The molecule has 3 heteroatoms. The molecule has 2 N–H and O–H groups in total. The summed E-state index contributed by atoms with van der Waals surface area (Å²) in [6.45, 7) is 4.09. The summed E-state index contributed by atoms with van der Waals surface area (Å²) in [5.74, 6) is -0.335. The minimum Gasteiger partial charge on any atom is -0.481 e. The van der Waals surface area contributed by atoms with Gasteiger partial charge in [0.15, 0.2) is 0 Å². The zero-order chi connectivity index (χ0) is 10.6. The summed E-state index contributed by atoms with van der Waals surface area (Å²) in [6.07, 6.45) is 2.75. The minimum atomic E-state index is -0.736. The van der Waals surface area contributed by atoms with Gasteiger partial charge in [0.05, 0.1) is 12.5 Å². The molecule has 0 spiro atoms. The Balaban J connectivity index is 2.31. The Hall–Kier alpha value is -0.570. The van der Waals surface area contributed by atoms with Crippen LogP contribution < -0.4 is 0 Å². The van der Waals surface area contributed by atoms with Crippen molar-refractivity contribution in [2.24, 2.45) is 16.7 Å². The highest BCUT2D eigenvalue weighted by molar-refractivity contribution is 5.68. The summed E-state index contributed by atoms with van der Waals surface area (Å²) in [5, 5.41) is 18.9. The Kier molecular flexibility index (Phi) is 1.94. The molecule has 80 valence electrons. The Morgan fingerprint density at radius 2 is 2.14 bits per heavy atom. The smallest absolute Gasteiger partial charge is 0.303 e. The number of carboxylic acids is 1. The number of hydrogen-bond acceptors (Lipinski definition) is 2. The molecule has 0 heterocycles. The average molecular weight is 198 g/mol. The van der Waals surface area contributed by atoms with Crippen LogP contribution >= 0.6 is 0 Å². The zero-order valence-corrected chi connectivity index (χ0v) is 8.79. The van der Waals surface area contributed by atoms with Gasteiger partial charge in [-0.15, -0.1) is 0 Å². The molecule has 14 heavy (non-hydrogen) atoms. The van der Waals surface area contributed by atoms with Crippen LogP contribution in [0.25, 0.3) is 0 Å². The van der Waals surface area contributed by atoms with Crippen molar-refractivity contribution in [2.45, 2.75) is 45.6 Å². The SMILES string of the molecule is C[C@]1(CC(=O)O)[C@@H]2CC[C@@]1(C)[C@@H](O)C2. The average Bonchev–Trinajstić information content (AvgIpc) is 2.37. The normalized spacial score (nSPS) is 51.1. The number of carboxylic acid groups (broad SMARTS) is 1. The first-order valence-corrected chi connectivity index (χ1v) is 5.30. The molecule has 0 aliphatic heterocycles. The molecule has 2 aliphatic rings. The summed E-state index contributed by atoms with van der Waals surface area (Å²) in [7, 11) is 0. The molecule has 2 rings (SSSR count). The van der Waals surface area contributed by atoms with Crippen molar-refractivity contribution in [3.8, 4) is 0 Å². The fraction of sp³-hybridized carbons (Fsp3) is 0.909. The third-order valence-corrected chi connectivity index (χ3v) is 4.98. The van der Waals surface area contributed by atoms with Gasteiger partial charge in [-0.2, -0.15) is 0 Å². The minimum absolute atomic E-state index is 0.171. The highest BCUT2D eigenvalue weighted by Crippen LogP contribution is 2.67. The van der Waals surface area contributed by atoms with Gasteiger partial charge >= 0.3 is 5.97 Å². The Bertz CT molecular complexity index is 276. The van der Waals surface area contributed by atoms with E-state index in [9.17, 15) is 9.90 Å². The molecule has 2 bridgehead atoms. The maximum Gasteiger partial charge on any atom is 0.303 e. The number of aliphatic hydroxyl groups excluding tert-OH is 1. The van der Waals surface area contributed by atoms with E-state index in [0.29, 0.717) is 5.92 Å². The molecule has 0 aromatic heterocycles. The van der Waals surface area contributed by atoms with Crippen LogP contribution in [0.2, 0.25) is 0 Å². The lowest BCUT2D eigenvalue weighted by molar-refractivity contribution is -0.142. The monoisotopic (exact) mass is 198 g/mol. The molecule has 0 aromatic rings. The van der Waals surface area contributed by atoms with E-state index in [-0.39, 0.29) is 23.4 Å². The Labute approximate surface area is 84.1 Å². The summed E-state index contributed by atoms with van der Waals surface area (Å²) in [6, 6.07) is 0. The van der Waals surface area contributed by atoms with Crippen LogP contribution in [0.5, 0.6) is 0 Å². The third-order valence-electron chi connectivity index (χ3n) is 4.98. The van der Waals surface area contributed by atoms with Gasteiger partial charge in [-0.3, -0.25) is 4.79 Å². The van der Waals surface area contributed by atoms with Crippen molar-refractivity contribution in [3.63, 3.8) is 0 Å². The van der Waals surface area contributed by atoms with Gasteiger partial charge in [-0.1, -0.05) is 13.8 Å². The number of aliphatic hydroxyl groups is 1. The second kappa shape index (κ2) is 2.72. The maximum absolute atomic E-state index is 10.8. The van der Waals surface area contributed by atoms with Crippen LogP contribution in [-0.2, 0) is 4.79 Å². The molecular formula is C11H18O3. The predicted octanol–water partition coefficient (Wildman–Crippen LogP) is 1.65. The van der Waals surface area contributed by atoms with Crippen LogP contribution in [0.15, 0.2) is 0 Å². The van der Waals surface area contributed by atoms with Gasteiger partial charge in [-0.05, 0) is 36.0 Å². The molecular weight excluding hydrogens is 180 g/mol. The maximum atomic E-state index is 10.8. The molecule has 3 nitrogen and oxygen atoms in total. The van der Waals surface area contributed by atoms with Crippen molar-refractivity contribution < 1.29 is 15.0 Å². The number of hydrogen-bond donors (Lipinski definition) is 2. The van der Waals surface area contributed by atoms with Crippen molar-refractivity contribution in [3.05, 3.63) is 0 Å². The van der Waals surface area contributed by atoms with Crippen LogP contribution in [0.3, 0.4) is 0 Å². The molecule has 2 saturated carbocycles. The van der Waals surface area contributed by atoms with Crippen molar-refractivity contribution in [1.29, 1.82) is 0 Å². The van der Waals surface area contributed by atoms with E-state index in [1.54, 1.807) is 0 Å². The standard InChI is InChI=1S/C11H18O3/c1-10-4-3-7(5-8(10)12)11(10,2)6-9(13)14/h7-8,12H,3-6H2,1-2H3,(H,13,14)/t7-,8+,10+,11+/m1/s1. The fourth-order valence-corrected chi connectivity index (χ4v) is 3.66. The van der Waals surface area contributed by atoms with Crippen LogP contribution in [0.1, 0.15) is 39.5 Å². The number of fused-ring (bicyclic) bond motifs is 2. The van der Waals surface area contributed by atoms with E-state index in [0.717, 1.165) is 19.3 Å². The fourth-order valence-electron chi connectivity index (χ4n) is 3.66. The first kappa shape index (κ1) is 9.97. The predicted molar refractivity (Wildman–Crippen MR) is 51.8 cm³/mol. The van der Waals surface area contributed by atoms with Gasteiger partial charge in [0.1, 0.15) is 0 Å². The summed E-state index contributed by atoms with van der Waals surface area (Å²) < 4.78 is 0. The largest absolute Gasteiger partial charge is 0.481 e. The van der Waals surface area contributed by atoms with E-state index in [1.807, 2.05) is 13.8 Å². The van der Waals surface area contributed by atoms with E-state index < -0.39 is 5.97 Å². The zero-order valence-electron chi connectivity index (χ0n) is 8.79. The first-order chi connectivity index (χ1) is 6.40. The Morgan fingerprint density at radius 1 is 1.50 bits per heavy atom. The first-order valence-electron chi connectivity index (χ1n) is 5.30. The van der Waals surface area contributed by atoms with Gasteiger partial charge < -0.3 is 10.2 Å². The van der Waals surface area contributed by atoms with Crippen molar-refractivity contribution in [2.75, 3.05) is 0 Å². The Morgan fingerprint density at radius 3 is 2.50 bits per heavy atom. The molecule has 0 amide bonds. The molecule has 0 radical (unpaired) electrons. The third kappa shape index (κ3) is 0.991. The van der Waals surface area contributed by atoms with Gasteiger partial charge in [0, 0.05) is 0 Å². The molecule has 0 aromatic carbocycles. The van der Waals surface area contributed by atoms with Crippen LogP contribution in [0, 0.1) is 16.7 Å². The number of carbonyl (C=O) groups is 1. The molecule has 0 unspecified atom stereocenters. The van der Waals surface area contributed by atoms with Crippen LogP contribution in [-0.4, -0.2) is 22.3 Å². The van der Waals surface area contributed by atoms with Crippen molar-refractivity contribution in [1.82, 2.24) is 0 Å². The lowest BCUT2D eigenvalue weighted by atomic mass is 9.66. The topological polar surface area (TPSA) is 57.5 Å². The van der Waals surface area contributed by atoms with Gasteiger partial charge in [-0.25, -0.2) is 0 Å². The van der Waals surface area contributed by atoms with E-state index in [4.69, 9.17) is 5.11 Å². The van der Waals surface area contributed by atoms with Gasteiger partial charge in [0.25, 0.3) is 0 Å². The molecule has 4 atom stereocenters. The highest BCUT2D eigenvalue weighted by atomic mass is 16.4. The second-order valence-electron chi connectivity index (χ2n) is 5.39. The molecule has 2 aliphatic carbocycles. The summed E-state index contributed by atoms with van der Waals surface area (Å²) in [4.78, 5) is 10.8. The van der Waals surface area contributed by atoms with E-state index >= 15 is 0 Å². The lowest BCUT2D eigenvalue weighted by Crippen LogP contribution is -2.38.